The Bertz CT molecular complexity index is 1820. The fourth-order valence-electron chi connectivity index (χ4n) is 5.83. The molecule has 14 nitrogen and oxygen atoms in total. The Kier molecular flexibility index (Phi) is 7.90. The second-order valence-corrected chi connectivity index (χ2v) is 12.4. The zero-order chi connectivity index (χ0) is 31.9. The lowest BCUT2D eigenvalue weighted by Gasteiger charge is -2.37. The Morgan fingerprint density at radius 3 is 2.40 bits per heavy atom. The summed E-state index contributed by atoms with van der Waals surface area (Å²) in [5.41, 5.74) is 2.29. The van der Waals surface area contributed by atoms with Crippen molar-refractivity contribution in [1.29, 1.82) is 0 Å². The zero-order valence-corrected chi connectivity index (χ0v) is 24.7. The molecular formula is C29H28FN7O7S. The van der Waals surface area contributed by atoms with Gasteiger partial charge >= 0.3 is 10.2 Å². The largest absolute Gasteiger partial charge is 0.367 e. The van der Waals surface area contributed by atoms with E-state index in [4.69, 9.17) is 0 Å². The topological polar surface area (TPSA) is 172 Å². The molecule has 0 spiro atoms. The van der Waals surface area contributed by atoms with Crippen molar-refractivity contribution in [3.05, 3.63) is 71.0 Å². The third-order valence-electron chi connectivity index (χ3n) is 8.15. The molecule has 3 aliphatic heterocycles. The van der Waals surface area contributed by atoms with Crippen LogP contribution in [-0.2, 0) is 37.6 Å². The van der Waals surface area contributed by atoms with E-state index in [1.807, 2.05) is 4.90 Å². The number of aromatic nitrogens is 3. The molecule has 4 heterocycles. The molecule has 0 radical (unpaired) electrons. The van der Waals surface area contributed by atoms with Crippen LogP contribution in [0, 0.1) is 0 Å². The van der Waals surface area contributed by atoms with Crippen LogP contribution >= 0.6 is 0 Å². The van der Waals surface area contributed by atoms with E-state index in [-0.39, 0.29) is 42.8 Å². The summed E-state index contributed by atoms with van der Waals surface area (Å²) in [5, 5.41) is 10.4. The minimum atomic E-state index is -4.77. The van der Waals surface area contributed by atoms with Gasteiger partial charge in [-0.3, -0.25) is 34.2 Å². The number of nitrogens with zero attached hydrogens (tertiary/aromatic N) is 6. The molecule has 1 atom stereocenters. The lowest BCUT2D eigenvalue weighted by Crippen LogP contribution is -2.54. The van der Waals surface area contributed by atoms with E-state index >= 15 is 0 Å². The zero-order valence-electron chi connectivity index (χ0n) is 23.9. The standard InChI is InChI=1S/C29H28FN7O7S/c30-45(43,44)20-7-4-18(5-8-20)16-36-17-19(32-33-36)6-11-25(39)35-14-12-34(13-15-35)22-3-1-2-21-26(22)29(42)37(28(21)41)23-9-10-24(38)31-27(23)40/h1-5,7-8,17,23H,6,9-16H2,(H,31,38,40). The van der Waals surface area contributed by atoms with Gasteiger partial charge in [0.25, 0.3) is 11.8 Å². The van der Waals surface area contributed by atoms with Crippen molar-refractivity contribution in [2.45, 2.75) is 43.2 Å². The third kappa shape index (κ3) is 6.05. The minimum absolute atomic E-state index is 0.0396. The van der Waals surface area contributed by atoms with Gasteiger partial charge in [0.2, 0.25) is 17.7 Å². The lowest BCUT2D eigenvalue weighted by molar-refractivity contribution is -0.136. The van der Waals surface area contributed by atoms with Crippen LogP contribution in [0.25, 0.3) is 0 Å². The van der Waals surface area contributed by atoms with E-state index in [9.17, 15) is 36.3 Å². The number of rotatable bonds is 8. The molecular weight excluding hydrogens is 609 g/mol. The molecule has 0 saturated carbocycles. The minimum Gasteiger partial charge on any atom is -0.367 e. The molecule has 1 unspecified atom stereocenters. The predicted octanol–water partition coefficient (Wildman–Crippen LogP) is 0.667. The van der Waals surface area contributed by atoms with Crippen molar-refractivity contribution >= 4 is 45.4 Å². The highest BCUT2D eigenvalue weighted by Crippen LogP contribution is 2.34. The van der Waals surface area contributed by atoms with Crippen molar-refractivity contribution in [1.82, 2.24) is 30.1 Å². The first-order valence-corrected chi connectivity index (χ1v) is 15.7. The molecule has 2 aromatic carbocycles. The van der Waals surface area contributed by atoms with E-state index in [1.54, 1.807) is 34.0 Å². The number of amides is 5. The van der Waals surface area contributed by atoms with Crippen LogP contribution in [0.4, 0.5) is 9.57 Å². The summed E-state index contributed by atoms with van der Waals surface area (Å²) in [5.74, 6) is -2.31. The Labute approximate surface area is 257 Å². The van der Waals surface area contributed by atoms with Crippen LogP contribution in [0.3, 0.4) is 0 Å². The van der Waals surface area contributed by atoms with Crippen LogP contribution in [-0.4, -0.2) is 95.0 Å². The highest BCUT2D eigenvalue weighted by molar-refractivity contribution is 7.86. The molecule has 2 saturated heterocycles. The van der Waals surface area contributed by atoms with E-state index in [0.29, 0.717) is 49.5 Å². The molecule has 16 heteroatoms. The number of nitrogens with one attached hydrogen (secondary N) is 1. The summed E-state index contributed by atoms with van der Waals surface area (Å²) < 4.78 is 36.6. The maximum absolute atomic E-state index is 13.4. The molecule has 3 aromatic rings. The summed E-state index contributed by atoms with van der Waals surface area (Å²) >= 11 is 0. The number of fused-ring (bicyclic) bond motifs is 1. The maximum atomic E-state index is 13.4. The summed E-state index contributed by atoms with van der Waals surface area (Å²) in [4.78, 5) is 67.8. The average Bonchev–Trinajstić information content (AvgIpc) is 3.57. The van der Waals surface area contributed by atoms with E-state index in [1.165, 1.54) is 24.3 Å². The number of hydrogen-bond acceptors (Lipinski definition) is 10. The number of benzene rings is 2. The van der Waals surface area contributed by atoms with E-state index in [2.05, 4.69) is 15.6 Å². The molecule has 0 bridgehead atoms. The second kappa shape index (κ2) is 11.8. The van der Waals surface area contributed by atoms with Gasteiger partial charge in [-0.05, 0) is 36.2 Å². The highest BCUT2D eigenvalue weighted by Gasteiger charge is 2.46. The number of imide groups is 2. The van der Waals surface area contributed by atoms with Crippen LogP contribution in [0.2, 0.25) is 0 Å². The quantitative estimate of drug-likeness (QED) is 0.273. The Morgan fingerprint density at radius 1 is 0.978 bits per heavy atom. The van der Waals surface area contributed by atoms with Crippen LogP contribution in [0.1, 0.15) is 51.2 Å². The second-order valence-electron chi connectivity index (χ2n) is 11.0. The fraction of sp³-hybridized carbons (Fsp3) is 0.345. The molecule has 6 rings (SSSR count). The van der Waals surface area contributed by atoms with Gasteiger partial charge in [0.05, 0.1) is 33.9 Å². The predicted molar refractivity (Wildman–Crippen MR) is 154 cm³/mol. The van der Waals surface area contributed by atoms with Crippen LogP contribution in [0.5, 0.6) is 0 Å². The van der Waals surface area contributed by atoms with Crippen molar-refractivity contribution in [3.8, 4) is 0 Å². The van der Waals surface area contributed by atoms with Crippen LogP contribution in [0.15, 0.2) is 53.6 Å². The molecule has 2 fully saturated rings. The first kappa shape index (κ1) is 30.1. The third-order valence-corrected chi connectivity index (χ3v) is 8.98. The Morgan fingerprint density at radius 2 is 1.71 bits per heavy atom. The summed E-state index contributed by atoms with van der Waals surface area (Å²) in [6.45, 7) is 1.96. The highest BCUT2D eigenvalue weighted by atomic mass is 32.3. The summed E-state index contributed by atoms with van der Waals surface area (Å²) in [7, 11) is -4.77. The van der Waals surface area contributed by atoms with Gasteiger partial charge in [-0.1, -0.05) is 23.4 Å². The Balaban J connectivity index is 1.03. The smallest absolute Gasteiger partial charge is 0.332 e. The molecule has 45 heavy (non-hydrogen) atoms. The molecule has 5 amide bonds. The number of carbonyl (C=O) groups excluding carboxylic acids is 5. The fourth-order valence-corrected chi connectivity index (χ4v) is 6.29. The van der Waals surface area contributed by atoms with Crippen LogP contribution < -0.4 is 10.2 Å². The summed E-state index contributed by atoms with van der Waals surface area (Å²) in [6, 6.07) is 9.27. The number of halogens is 1. The first-order chi connectivity index (χ1) is 21.5. The lowest BCUT2D eigenvalue weighted by atomic mass is 10.0. The van der Waals surface area contributed by atoms with Crippen molar-refractivity contribution in [3.63, 3.8) is 0 Å². The average molecular weight is 638 g/mol. The normalized spacial score (nSPS) is 18.8. The van der Waals surface area contributed by atoms with Gasteiger partial charge in [0, 0.05) is 51.6 Å². The van der Waals surface area contributed by atoms with E-state index in [0.717, 1.165) is 4.90 Å². The SMILES string of the molecule is O=C1CCC(N2C(=O)c3cccc(N4CCN(C(=O)CCc5cn(Cc6ccc(S(=O)(=O)F)cc6)nn5)CC4)c3C2=O)C(=O)N1. The number of anilines is 1. The molecule has 0 aliphatic carbocycles. The van der Waals surface area contributed by atoms with Gasteiger partial charge < -0.3 is 9.80 Å². The number of carbonyl (C=O) groups is 5. The number of aryl methyl sites for hydroxylation is 1. The van der Waals surface area contributed by atoms with Gasteiger partial charge in [-0.15, -0.1) is 8.98 Å². The van der Waals surface area contributed by atoms with Crippen molar-refractivity contribution < 1.29 is 36.3 Å². The molecule has 234 valence electrons. The Hall–Kier alpha value is -4.99. The molecule has 1 aromatic heterocycles. The van der Waals surface area contributed by atoms with Gasteiger partial charge in [-0.25, -0.2) is 4.68 Å². The van der Waals surface area contributed by atoms with Gasteiger partial charge in [0.15, 0.2) is 0 Å². The van der Waals surface area contributed by atoms with Crippen molar-refractivity contribution in [2.24, 2.45) is 0 Å². The van der Waals surface area contributed by atoms with E-state index < -0.39 is 44.8 Å². The number of piperidine rings is 1. The monoisotopic (exact) mass is 637 g/mol. The van der Waals surface area contributed by atoms with Gasteiger partial charge in [-0.2, -0.15) is 8.42 Å². The first-order valence-electron chi connectivity index (χ1n) is 14.3. The summed E-state index contributed by atoms with van der Waals surface area (Å²) in [6.07, 6.45) is 2.37. The molecule has 1 N–H and O–H groups in total. The number of piperazine rings is 1. The van der Waals surface area contributed by atoms with Gasteiger partial charge in [0.1, 0.15) is 6.04 Å². The number of hydrogen-bond donors (Lipinski definition) is 1. The van der Waals surface area contributed by atoms with Crippen molar-refractivity contribution in [2.75, 3.05) is 31.1 Å². The maximum Gasteiger partial charge on any atom is 0.332 e. The molecule has 3 aliphatic rings.